The van der Waals surface area contributed by atoms with E-state index in [0.29, 0.717) is 18.3 Å². The van der Waals surface area contributed by atoms with E-state index in [4.69, 9.17) is 5.11 Å². The van der Waals surface area contributed by atoms with Crippen LogP contribution >= 0.6 is 0 Å². The standard InChI is InChI=1S/C20H40O4/c1-15(2)18(22)12-11-17(4)9-6-8-16(3)10-7-13-20(5,24)19(23)14-21/h16-19,21-24H,1,6-14H2,2-5H3/t16-,17+,18-,19-,20-/m1/s1. The highest BCUT2D eigenvalue weighted by molar-refractivity contribution is 4.96. The molecule has 0 unspecified atom stereocenters. The lowest BCUT2D eigenvalue weighted by Gasteiger charge is -2.28. The molecule has 0 aromatic carbocycles. The summed E-state index contributed by atoms with van der Waals surface area (Å²) in [7, 11) is 0. The molecule has 0 aliphatic carbocycles. The van der Waals surface area contributed by atoms with Gasteiger partial charge in [0.15, 0.2) is 0 Å². The van der Waals surface area contributed by atoms with Crippen molar-refractivity contribution in [3.63, 3.8) is 0 Å². The van der Waals surface area contributed by atoms with Crippen LogP contribution in [0.3, 0.4) is 0 Å². The third-order valence-corrected chi connectivity index (χ3v) is 5.17. The van der Waals surface area contributed by atoms with Gasteiger partial charge in [0.05, 0.1) is 18.3 Å². The summed E-state index contributed by atoms with van der Waals surface area (Å²) in [5.74, 6) is 1.21. The summed E-state index contributed by atoms with van der Waals surface area (Å²) < 4.78 is 0. The van der Waals surface area contributed by atoms with Gasteiger partial charge in [0, 0.05) is 0 Å². The maximum absolute atomic E-state index is 10.1. The van der Waals surface area contributed by atoms with Crippen molar-refractivity contribution in [2.24, 2.45) is 11.8 Å². The Balaban J connectivity index is 3.79. The molecule has 5 atom stereocenters. The summed E-state index contributed by atoms with van der Waals surface area (Å²) in [6.07, 6.45) is 6.31. The van der Waals surface area contributed by atoms with E-state index in [1.165, 1.54) is 12.8 Å². The molecule has 0 heterocycles. The molecule has 24 heavy (non-hydrogen) atoms. The molecule has 0 fully saturated rings. The molecule has 0 spiro atoms. The maximum Gasteiger partial charge on any atom is 0.105 e. The molecule has 0 radical (unpaired) electrons. The van der Waals surface area contributed by atoms with E-state index in [2.05, 4.69) is 20.4 Å². The zero-order chi connectivity index (χ0) is 18.8. The fourth-order valence-electron chi connectivity index (χ4n) is 2.96. The van der Waals surface area contributed by atoms with Crippen molar-refractivity contribution in [2.45, 2.75) is 96.9 Å². The third kappa shape index (κ3) is 10.4. The minimum Gasteiger partial charge on any atom is -0.394 e. The van der Waals surface area contributed by atoms with Crippen LogP contribution < -0.4 is 0 Å². The van der Waals surface area contributed by atoms with Gasteiger partial charge in [-0.3, -0.25) is 0 Å². The van der Waals surface area contributed by atoms with E-state index >= 15 is 0 Å². The topological polar surface area (TPSA) is 80.9 Å². The van der Waals surface area contributed by atoms with Gasteiger partial charge >= 0.3 is 0 Å². The van der Waals surface area contributed by atoms with Gasteiger partial charge < -0.3 is 20.4 Å². The van der Waals surface area contributed by atoms with Crippen molar-refractivity contribution in [1.29, 1.82) is 0 Å². The van der Waals surface area contributed by atoms with Crippen molar-refractivity contribution >= 4 is 0 Å². The summed E-state index contributed by atoms with van der Waals surface area (Å²) in [6, 6.07) is 0. The lowest BCUT2D eigenvalue weighted by molar-refractivity contribution is -0.0886. The first kappa shape index (κ1) is 23.6. The van der Waals surface area contributed by atoms with Gasteiger partial charge in [-0.25, -0.2) is 0 Å². The van der Waals surface area contributed by atoms with Crippen molar-refractivity contribution in [1.82, 2.24) is 0 Å². The number of aliphatic hydroxyl groups is 4. The van der Waals surface area contributed by atoms with Gasteiger partial charge in [-0.1, -0.05) is 58.1 Å². The predicted octanol–water partition coefficient (Wildman–Crippen LogP) is 3.42. The average Bonchev–Trinajstić information content (AvgIpc) is 2.51. The first-order valence-electron chi connectivity index (χ1n) is 9.44. The molecule has 0 amide bonds. The SMILES string of the molecule is C=C(C)[C@H](O)CC[C@@H](C)CCC[C@@H](C)CCC[C@@](C)(O)[C@H](O)CO. The lowest BCUT2D eigenvalue weighted by atomic mass is 9.88. The van der Waals surface area contributed by atoms with Crippen LogP contribution in [0.5, 0.6) is 0 Å². The van der Waals surface area contributed by atoms with Crippen LogP contribution in [-0.4, -0.2) is 44.8 Å². The minimum absolute atomic E-state index is 0.367. The molecular formula is C20H40O4. The molecule has 0 rings (SSSR count). The van der Waals surface area contributed by atoms with Gasteiger partial charge in [0.1, 0.15) is 6.10 Å². The molecule has 0 aliphatic rings. The second kappa shape index (κ2) is 12.0. The van der Waals surface area contributed by atoms with E-state index in [1.54, 1.807) is 6.92 Å². The number of rotatable bonds is 14. The molecule has 4 heteroatoms. The Morgan fingerprint density at radius 3 is 1.96 bits per heavy atom. The van der Waals surface area contributed by atoms with E-state index in [1.807, 2.05) is 6.92 Å². The molecule has 0 saturated carbocycles. The second-order valence-corrected chi connectivity index (χ2v) is 8.03. The van der Waals surface area contributed by atoms with Gasteiger partial charge in [0.2, 0.25) is 0 Å². The smallest absolute Gasteiger partial charge is 0.105 e. The number of aliphatic hydroxyl groups excluding tert-OH is 3. The zero-order valence-electron chi connectivity index (χ0n) is 16.2. The third-order valence-electron chi connectivity index (χ3n) is 5.17. The Morgan fingerprint density at radius 1 is 0.958 bits per heavy atom. The van der Waals surface area contributed by atoms with E-state index in [-0.39, 0.29) is 6.10 Å². The predicted molar refractivity (Wildman–Crippen MR) is 99.8 cm³/mol. The zero-order valence-corrected chi connectivity index (χ0v) is 16.2. The summed E-state index contributed by atoms with van der Waals surface area (Å²) in [6.45, 7) is 11.3. The van der Waals surface area contributed by atoms with Crippen molar-refractivity contribution in [3.05, 3.63) is 12.2 Å². The summed E-state index contributed by atoms with van der Waals surface area (Å²) >= 11 is 0. The van der Waals surface area contributed by atoms with Gasteiger partial charge in [0.25, 0.3) is 0 Å². The highest BCUT2D eigenvalue weighted by Gasteiger charge is 2.29. The summed E-state index contributed by atoms with van der Waals surface area (Å²) in [4.78, 5) is 0. The number of hydrogen-bond donors (Lipinski definition) is 4. The molecule has 144 valence electrons. The van der Waals surface area contributed by atoms with Crippen molar-refractivity contribution in [2.75, 3.05) is 6.61 Å². The van der Waals surface area contributed by atoms with Crippen LogP contribution in [0.4, 0.5) is 0 Å². The quantitative estimate of drug-likeness (QED) is 0.364. The van der Waals surface area contributed by atoms with E-state index in [0.717, 1.165) is 37.7 Å². The van der Waals surface area contributed by atoms with E-state index < -0.39 is 18.3 Å². The van der Waals surface area contributed by atoms with Crippen molar-refractivity contribution in [3.8, 4) is 0 Å². The van der Waals surface area contributed by atoms with Gasteiger partial charge in [-0.15, -0.1) is 0 Å². The fraction of sp³-hybridized carbons (Fsp3) is 0.900. The Labute approximate surface area is 148 Å². The summed E-state index contributed by atoms with van der Waals surface area (Å²) in [5.41, 5.74) is -0.356. The highest BCUT2D eigenvalue weighted by atomic mass is 16.4. The largest absolute Gasteiger partial charge is 0.394 e. The van der Waals surface area contributed by atoms with Crippen LogP contribution in [0.15, 0.2) is 12.2 Å². The Hall–Kier alpha value is -0.420. The second-order valence-electron chi connectivity index (χ2n) is 8.03. The fourth-order valence-corrected chi connectivity index (χ4v) is 2.96. The van der Waals surface area contributed by atoms with Gasteiger partial charge in [-0.05, 0) is 44.9 Å². The Morgan fingerprint density at radius 2 is 1.46 bits per heavy atom. The first-order valence-corrected chi connectivity index (χ1v) is 9.44. The molecule has 4 N–H and O–H groups in total. The molecule has 0 aromatic heterocycles. The lowest BCUT2D eigenvalue weighted by Crippen LogP contribution is -2.41. The monoisotopic (exact) mass is 344 g/mol. The maximum atomic E-state index is 10.1. The van der Waals surface area contributed by atoms with Crippen LogP contribution in [0.25, 0.3) is 0 Å². The van der Waals surface area contributed by atoms with Crippen molar-refractivity contribution < 1.29 is 20.4 Å². The molecule has 0 bridgehead atoms. The van der Waals surface area contributed by atoms with Crippen LogP contribution in [0, 0.1) is 11.8 Å². The average molecular weight is 345 g/mol. The van der Waals surface area contributed by atoms with Crippen LogP contribution in [0.1, 0.15) is 79.1 Å². The van der Waals surface area contributed by atoms with Crippen LogP contribution in [0.2, 0.25) is 0 Å². The molecule has 4 nitrogen and oxygen atoms in total. The molecule has 0 aliphatic heterocycles. The van der Waals surface area contributed by atoms with Gasteiger partial charge in [-0.2, -0.15) is 0 Å². The molecular weight excluding hydrogens is 304 g/mol. The highest BCUT2D eigenvalue weighted by Crippen LogP contribution is 2.24. The van der Waals surface area contributed by atoms with Crippen LogP contribution in [-0.2, 0) is 0 Å². The minimum atomic E-state index is -1.20. The normalized spacial score (nSPS) is 19.3. The Bertz CT molecular complexity index is 341. The Kier molecular flexibility index (Phi) is 11.8. The van der Waals surface area contributed by atoms with E-state index in [9.17, 15) is 15.3 Å². The molecule has 0 saturated heterocycles. The first-order chi connectivity index (χ1) is 11.1. The number of hydrogen-bond acceptors (Lipinski definition) is 4. The summed E-state index contributed by atoms with van der Waals surface area (Å²) in [5, 5.41) is 38.3. The molecule has 0 aromatic rings.